The molecule has 1 aliphatic heterocycles. The summed E-state index contributed by atoms with van der Waals surface area (Å²) in [5.41, 5.74) is 2.63. The van der Waals surface area contributed by atoms with E-state index in [0.29, 0.717) is 5.02 Å². The Kier molecular flexibility index (Phi) is 5.69. The van der Waals surface area contributed by atoms with Crippen LogP contribution in [0.3, 0.4) is 0 Å². The van der Waals surface area contributed by atoms with E-state index >= 15 is 0 Å². The molecule has 0 radical (unpaired) electrons. The van der Waals surface area contributed by atoms with Gasteiger partial charge in [-0.25, -0.2) is 15.0 Å². The summed E-state index contributed by atoms with van der Waals surface area (Å²) in [7, 11) is 0. The van der Waals surface area contributed by atoms with E-state index < -0.39 is 0 Å². The molecule has 0 saturated carbocycles. The van der Waals surface area contributed by atoms with Crippen LogP contribution in [0, 0.1) is 6.92 Å². The van der Waals surface area contributed by atoms with Gasteiger partial charge in [-0.2, -0.15) is 0 Å². The fourth-order valence-electron chi connectivity index (χ4n) is 3.27. The molecule has 1 saturated heterocycles. The molecule has 1 aliphatic rings. The molecule has 4 heterocycles. The molecule has 148 valence electrons. The molecule has 7 nitrogen and oxygen atoms in total. The Bertz CT molecular complexity index is 1020. The molecule has 1 fully saturated rings. The number of hydrogen-bond acceptors (Lipinski definition) is 6. The van der Waals surface area contributed by atoms with Crippen LogP contribution in [0.15, 0.2) is 47.9 Å². The molecule has 8 heteroatoms. The third-order valence-corrected chi connectivity index (χ3v) is 4.99. The first-order valence-electron chi connectivity index (χ1n) is 9.30. The van der Waals surface area contributed by atoms with Crippen molar-refractivity contribution in [2.45, 2.75) is 6.92 Å². The largest absolute Gasteiger partial charge is 0.378 e. The van der Waals surface area contributed by atoms with Crippen molar-refractivity contribution in [2.24, 2.45) is 4.99 Å². The lowest BCUT2D eigenvalue weighted by Crippen LogP contribution is -2.36. The Labute approximate surface area is 174 Å². The molecule has 29 heavy (non-hydrogen) atoms. The highest BCUT2D eigenvalue weighted by Crippen LogP contribution is 2.27. The van der Waals surface area contributed by atoms with Crippen molar-refractivity contribution in [1.82, 2.24) is 19.5 Å². The number of hydrogen-bond donors (Lipinski definition) is 0. The van der Waals surface area contributed by atoms with Crippen molar-refractivity contribution in [3.05, 3.63) is 59.3 Å². The fourth-order valence-corrected chi connectivity index (χ4v) is 3.38. The van der Waals surface area contributed by atoms with Crippen LogP contribution in [-0.4, -0.2) is 52.5 Å². The number of anilines is 1. The molecule has 0 bridgehead atoms. The number of rotatable bonds is 5. The van der Waals surface area contributed by atoms with Gasteiger partial charge in [0.1, 0.15) is 17.5 Å². The van der Waals surface area contributed by atoms with Gasteiger partial charge in [-0.15, -0.1) is 0 Å². The predicted molar refractivity (Wildman–Crippen MR) is 116 cm³/mol. The van der Waals surface area contributed by atoms with E-state index in [1.54, 1.807) is 12.4 Å². The number of aromatic nitrogens is 4. The Morgan fingerprint density at radius 2 is 1.86 bits per heavy atom. The van der Waals surface area contributed by atoms with Crippen LogP contribution >= 0.6 is 11.6 Å². The summed E-state index contributed by atoms with van der Waals surface area (Å²) in [6, 6.07) is 7.74. The highest BCUT2D eigenvalue weighted by Gasteiger charge is 2.18. The second-order valence-electron chi connectivity index (χ2n) is 6.58. The first-order valence-corrected chi connectivity index (χ1v) is 9.68. The zero-order valence-corrected chi connectivity index (χ0v) is 16.9. The number of aliphatic imine (C=N–C) groups is 1. The smallest absolute Gasteiger partial charge is 0.148 e. The molecule has 0 unspecified atom stereocenters. The van der Waals surface area contributed by atoms with Crippen LogP contribution < -0.4 is 4.90 Å². The lowest BCUT2D eigenvalue weighted by Gasteiger charge is -2.27. The lowest BCUT2D eigenvalue weighted by molar-refractivity contribution is 0.122. The van der Waals surface area contributed by atoms with E-state index in [-0.39, 0.29) is 0 Å². The number of ether oxygens (including phenoxy) is 1. The first kappa shape index (κ1) is 19.3. The molecule has 3 aromatic heterocycles. The van der Waals surface area contributed by atoms with Gasteiger partial charge in [0.05, 0.1) is 23.9 Å². The number of pyridine rings is 2. The van der Waals surface area contributed by atoms with Crippen molar-refractivity contribution in [3.8, 4) is 17.2 Å². The van der Waals surface area contributed by atoms with Crippen molar-refractivity contribution >= 4 is 30.2 Å². The van der Waals surface area contributed by atoms with Crippen molar-refractivity contribution < 1.29 is 4.74 Å². The zero-order valence-electron chi connectivity index (χ0n) is 16.1. The zero-order chi connectivity index (χ0) is 20.2. The van der Waals surface area contributed by atoms with E-state index in [0.717, 1.165) is 60.7 Å². The van der Waals surface area contributed by atoms with Gasteiger partial charge in [0.25, 0.3) is 0 Å². The summed E-state index contributed by atoms with van der Waals surface area (Å²) in [6.45, 7) is 8.62. The van der Waals surface area contributed by atoms with Crippen molar-refractivity contribution in [3.63, 3.8) is 0 Å². The molecule has 3 aromatic rings. The number of nitrogens with zero attached hydrogens (tertiary/aromatic N) is 6. The minimum atomic E-state index is 0.584. The Hall–Kier alpha value is -3.03. The minimum absolute atomic E-state index is 0.584. The minimum Gasteiger partial charge on any atom is -0.378 e. The number of halogens is 1. The summed E-state index contributed by atoms with van der Waals surface area (Å²) in [5.74, 6) is 2.42. The molecule has 4 rings (SSSR count). The monoisotopic (exact) mass is 408 g/mol. The highest BCUT2D eigenvalue weighted by atomic mass is 35.5. The quantitative estimate of drug-likeness (QED) is 0.600. The fraction of sp³-hybridized carbons (Fsp3) is 0.238. The maximum absolute atomic E-state index is 6.02. The average molecular weight is 409 g/mol. The van der Waals surface area contributed by atoms with Gasteiger partial charge in [0, 0.05) is 42.9 Å². The first-order chi connectivity index (χ1) is 14.2. The molecule has 0 spiro atoms. The summed E-state index contributed by atoms with van der Waals surface area (Å²) in [4.78, 5) is 19.9. The van der Waals surface area contributed by atoms with Gasteiger partial charge in [0.15, 0.2) is 0 Å². The third kappa shape index (κ3) is 4.06. The van der Waals surface area contributed by atoms with Gasteiger partial charge in [-0.3, -0.25) is 9.56 Å². The summed E-state index contributed by atoms with van der Waals surface area (Å²) in [6.07, 6.45) is 6.92. The van der Waals surface area contributed by atoms with E-state index in [1.807, 2.05) is 48.0 Å². The van der Waals surface area contributed by atoms with Crippen LogP contribution in [0.2, 0.25) is 5.02 Å². The molecular weight excluding hydrogens is 388 g/mol. The topological polar surface area (TPSA) is 68.4 Å². The summed E-state index contributed by atoms with van der Waals surface area (Å²) >= 11 is 6.02. The van der Waals surface area contributed by atoms with Gasteiger partial charge >= 0.3 is 0 Å². The molecule has 0 aromatic carbocycles. The number of morpholine rings is 1. The van der Waals surface area contributed by atoms with Gasteiger partial charge < -0.3 is 9.64 Å². The second kappa shape index (κ2) is 8.55. The Morgan fingerprint density at radius 1 is 1.10 bits per heavy atom. The van der Waals surface area contributed by atoms with E-state index in [4.69, 9.17) is 21.3 Å². The maximum atomic E-state index is 6.02. The maximum Gasteiger partial charge on any atom is 0.148 e. The van der Waals surface area contributed by atoms with Gasteiger partial charge in [0.2, 0.25) is 0 Å². The highest BCUT2D eigenvalue weighted by molar-refractivity contribution is 6.30. The SMILES string of the molecule is C=N/C=C\c1nc(-c2ccc(N3CCOCC3)nc2)n(-c2ccc(Cl)cn2)c1C. The van der Waals surface area contributed by atoms with E-state index in [9.17, 15) is 0 Å². The van der Waals surface area contributed by atoms with E-state index in [2.05, 4.69) is 26.6 Å². The van der Waals surface area contributed by atoms with E-state index in [1.165, 1.54) is 0 Å². The number of imidazole rings is 1. The lowest BCUT2D eigenvalue weighted by atomic mass is 10.2. The average Bonchev–Trinajstić information content (AvgIpc) is 3.10. The predicted octanol–water partition coefficient (Wildman–Crippen LogP) is 3.80. The van der Waals surface area contributed by atoms with Crippen LogP contribution in [0.25, 0.3) is 23.3 Å². The van der Waals surface area contributed by atoms with Crippen LogP contribution in [-0.2, 0) is 4.74 Å². The third-order valence-electron chi connectivity index (χ3n) is 4.76. The van der Waals surface area contributed by atoms with Gasteiger partial charge in [-0.1, -0.05) is 11.6 Å². The second-order valence-corrected chi connectivity index (χ2v) is 7.02. The normalized spacial score (nSPS) is 14.5. The molecule has 0 N–H and O–H groups in total. The standard InChI is InChI=1S/C21H21ClN6O/c1-15-18(7-8-23-2)26-21(28(15)20-6-4-17(22)14-25-20)16-3-5-19(24-13-16)27-9-11-29-12-10-27/h3-8,13-14H,2,9-12H2,1H3/b8-7-. The molecule has 0 aliphatic carbocycles. The summed E-state index contributed by atoms with van der Waals surface area (Å²) < 4.78 is 7.41. The van der Waals surface area contributed by atoms with Crippen molar-refractivity contribution in [2.75, 3.05) is 31.2 Å². The van der Waals surface area contributed by atoms with Crippen molar-refractivity contribution in [1.29, 1.82) is 0 Å². The summed E-state index contributed by atoms with van der Waals surface area (Å²) in [5, 5.41) is 0.584. The van der Waals surface area contributed by atoms with Crippen LogP contribution in [0.1, 0.15) is 11.4 Å². The molecule has 0 amide bonds. The van der Waals surface area contributed by atoms with Crippen LogP contribution in [0.4, 0.5) is 5.82 Å². The Balaban J connectivity index is 1.76. The van der Waals surface area contributed by atoms with Gasteiger partial charge in [-0.05, 0) is 44.0 Å². The Morgan fingerprint density at radius 3 is 2.52 bits per heavy atom. The molecule has 0 atom stereocenters. The van der Waals surface area contributed by atoms with Crippen LogP contribution in [0.5, 0.6) is 0 Å². The molecular formula is C21H21ClN6O.